The lowest BCUT2D eigenvalue weighted by Crippen LogP contribution is -2.23. The summed E-state index contributed by atoms with van der Waals surface area (Å²) in [6.45, 7) is 0. The molecule has 0 aliphatic carbocycles. The molecular formula is C9H12N4O3. The summed E-state index contributed by atoms with van der Waals surface area (Å²) in [5.41, 5.74) is 2.54. The molecule has 16 heavy (non-hydrogen) atoms. The van der Waals surface area contributed by atoms with Gasteiger partial charge in [0.25, 0.3) is 11.6 Å². The summed E-state index contributed by atoms with van der Waals surface area (Å²) in [7, 11) is 3.04. The minimum Gasteiger partial charge on any atom is -0.345 e. The van der Waals surface area contributed by atoms with Gasteiger partial charge in [0, 0.05) is 25.8 Å². The molecule has 0 bridgehead atoms. The molecule has 0 atom stereocenters. The van der Waals surface area contributed by atoms with Crippen LogP contribution in [0.4, 0.5) is 11.4 Å². The SMILES string of the molecule is CN(C)C(=O)c1cc(NN)ccc1[N+](=O)[O-]. The Kier molecular flexibility index (Phi) is 3.41. The van der Waals surface area contributed by atoms with Gasteiger partial charge < -0.3 is 10.3 Å². The number of nitrogens with two attached hydrogens (primary N) is 1. The van der Waals surface area contributed by atoms with Crippen molar-refractivity contribution >= 4 is 17.3 Å². The van der Waals surface area contributed by atoms with E-state index < -0.39 is 10.8 Å². The molecule has 1 amide bonds. The van der Waals surface area contributed by atoms with Gasteiger partial charge in [0.1, 0.15) is 5.56 Å². The highest BCUT2D eigenvalue weighted by Crippen LogP contribution is 2.23. The van der Waals surface area contributed by atoms with Crippen molar-refractivity contribution in [3.05, 3.63) is 33.9 Å². The highest BCUT2D eigenvalue weighted by atomic mass is 16.6. The minimum atomic E-state index is -0.600. The van der Waals surface area contributed by atoms with E-state index in [-0.39, 0.29) is 11.3 Å². The highest BCUT2D eigenvalue weighted by Gasteiger charge is 2.21. The van der Waals surface area contributed by atoms with E-state index in [4.69, 9.17) is 5.84 Å². The molecule has 3 N–H and O–H groups in total. The van der Waals surface area contributed by atoms with Gasteiger partial charge in [-0.3, -0.25) is 20.8 Å². The van der Waals surface area contributed by atoms with Gasteiger partial charge in [-0.1, -0.05) is 0 Å². The fourth-order valence-corrected chi connectivity index (χ4v) is 1.20. The summed E-state index contributed by atoms with van der Waals surface area (Å²) >= 11 is 0. The topological polar surface area (TPSA) is 102 Å². The summed E-state index contributed by atoms with van der Waals surface area (Å²) in [5.74, 6) is 4.74. The Morgan fingerprint density at radius 1 is 1.50 bits per heavy atom. The smallest absolute Gasteiger partial charge is 0.282 e. The Hall–Kier alpha value is -2.15. The third-order valence-electron chi connectivity index (χ3n) is 2.00. The molecule has 0 radical (unpaired) electrons. The molecule has 0 saturated carbocycles. The first-order valence-electron chi connectivity index (χ1n) is 4.44. The molecule has 0 heterocycles. The predicted molar refractivity (Wildman–Crippen MR) is 58.9 cm³/mol. The Balaban J connectivity index is 3.31. The largest absolute Gasteiger partial charge is 0.345 e. The fraction of sp³-hybridized carbons (Fsp3) is 0.222. The number of nitro groups is 1. The molecule has 1 aromatic rings. The van der Waals surface area contributed by atoms with E-state index in [1.807, 2.05) is 0 Å². The summed E-state index contributed by atoms with van der Waals surface area (Å²) in [6, 6.07) is 4.02. The van der Waals surface area contributed by atoms with Gasteiger partial charge in [0.2, 0.25) is 0 Å². The first-order chi connectivity index (χ1) is 7.47. The molecule has 0 fully saturated rings. The van der Waals surface area contributed by atoms with Gasteiger partial charge in [-0.15, -0.1) is 0 Å². The third kappa shape index (κ3) is 2.26. The lowest BCUT2D eigenvalue weighted by molar-refractivity contribution is -0.385. The molecule has 7 nitrogen and oxygen atoms in total. The van der Waals surface area contributed by atoms with Gasteiger partial charge in [-0.05, 0) is 12.1 Å². The van der Waals surface area contributed by atoms with Crippen LogP contribution in [0.15, 0.2) is 18.2 Å². The molecule has 0 spiro atoms. The van der Waals surface area contributed by atoms with E-state index in [1.165, 1.54) is 37.2 Å². The molecule has 0 aliphatic heterocycles. The molecule has 7 heteroatoms. The van der Waals surface area contributed by atoms with Gasteiger partial charge in [0.15, 0.2) is 0 Å². The van der Waals surface area contributed by atoms with Crippen LogP contribution in [0.5, 0.6) is 0 Å². The van der Waals surface area contributed by atoms with Crippen LogP contribution in [0, 0.1) is 10.1 Å². The number of nitrogens with one attached hydrogen (secondary N) is 1. The number of amides is 1. The van der Waals surface area contributed by atoms with Crippen LogP contribution in [-0.2, 0) is 0 Å². The second-order valence-corrected chi connectivity index (χ2v) is 3.33. The quantitative estimate of drug-likeness (QED) is 0.444. The minimum absolute atomic E-state index is 0.00505. The summed E-state index contributed by atoms with van der Waals surface area (Å²) in [4.78, 5) is 23.1. The molecule has 1 aromatic carbocycles. The Labute approximate surface area is 92.0 Å². The number of nitrogens with zero attached hydrogens (tertiary/aromatic N) is 2. The van der Waals surface area contributed by atoms with E-state index in [1.54, 1.807) is 0 Å². The van der Waals surface area contributed by atoms with Crippen molar-refractivity contribution < 1.29 is 9.72 Å². The zero-order valence-electron chi connectivity index (χ0n) is 8.93. The Morgan fingerprint density at radius 2 is 2.12 bits per heavy atom. The second-order valence-electron chi connectivity index (χ2n) is 3.33. The monoisotopic (exact) mass is 224 g/mol. The number of nitrogen functional groups attached to an aromatic ring is 1. The summed E-state index contributed by atoms with van der Waals surface area (Å²) < 4.78 is 0. The van der Waals surface area contributed by atoms with Crippen molar-refractivity contribution in [3.63, 3.8) is 0 Å². The number of hydrogen-bond donors (Lipinski definition) is 2. The Bertz CT molecular complexity index is 431. The normalized spacial score (nSPS) is 9.69. The summed E-state index contributed by atoms with van der Waals surface area (Å²) in [5, 5.41) is 10.7. The van der Waals surface area contributed by atoms with Crippen molar-refractivity contribution in [1.82, 2.24) is 4.90 Å². The van der Waals surface area contributed by atoms with E-state index in [9.17, 15) is 14.9 Å². The maximum atomic E-state index is 11.7. The lowest BCUT2D eigenvalue weighted by atomic mass is 10.1. The van der Waals surface area contributed by atoms with Crippen molar-refractivity contribution in [3.8, 4) is 0 Å². The second kappa shape index (κ2) is 4.58. The average molecular weight is 224 g/mol. The Morgan fingerprint density at radius 3 is 2.56 bits per heavy atom. The van der Waals surface area contributed by atoms with E-state index >= 15 is 0 Å². The van der Waals surface area contributed by atoms with Crippen molar-refractivity contribution in [2.75, 3.05) is 19.5 Å². The zero-order chi connectivity index (χ0) is 12.3. The van der Waals surface area contributed by atoms with Gasteiger partial charge in [-0.2, -0.15) is 0 Å². The maximum absolute atomic E-state index is 11.7. The third-order valence-corrected chi connectivity index (χ3v) is 2.00. The number of rotatable bonds is 3. The predicted octanol–water partition coefficient (Wildman–Crippen LogP) is 0.582. The fourth-order valence-electron chi connectivity index (χ4n) is 1.20. The van der Waals surface area contributed by atoms with Crippen LogP contribution < -0.4 is 11.3 Å². The number of hydrogen-bond acceptors (Lipinski definition) is 5. The number of nitro benzene ring substituents is 1. The van der Waals surface area contributed by atoms with Crippen LogP contribution in [0.25, 0.3) is 0 Å². The molecule has 1 rings (SSSR count). The van der Waals surface area contributed by atoms with Gasteiger partial charge >= 0.3 is 0 Å². The van der Waals surface area contributed by atoms with Crippen LogP contribution >= 0.6 is 0 Å². The van der Waals surface area contributed by atoms with Crippen molar-refractivity contribution in [2.45, 2.75) is 0 Å². The number of carbonyl (C=O) groups is 1. The number of carbonyl (C=O) groups excluding carboxylic acids is 1. The molecule has 0 unspecified atom stereocenters. The molecule has 0 saturated heterocycles. The first-order valence-corrected chi connectivity index (χ1v) is 4.44. The first kappa shape index (κ1) is 11.9. The number of benzene rings is 1. The molecule has 0 aromatic heterocycles. The molecule has 86 valence electrons. The van der Waals surface area contributed by atoms with Gasteiger partial charge in [-0.25, -0.2) is 0 Å². The van der Waals surface area contributed by atoms with Crippen molar-refractivity contribution in [2.24, 2.45) is 5.84 Å². The summed E-state index contributed by atoms with van der Waals surface area (Å²) in [6.07, 6.45) is 0. The molecule has 0 aliphatic rings. The number of anilines is 1. The van der Waals surface area contributed by atoms with Crippen molar-refractivity contribution in [1.29, 1.82) is 0 Å². The van der Waals surface area contributed by atoms with E-state index in [0.717, 1.165) is 0 Å². The van der Waals surface area contributed by atoms with Gasteiger partial charge in [0.05, 0.1) is 4.92 Å². The maximum Gasteiger partial charge on any atom is 0.282 e. The molecular weight excluding hydrogens is 212 g/mol. The average Bonchev–Trinajstić information content (AvgIpc) is 2.26. The van der Waals surface area contributed by atoms with Crippen LogP contribution in [0.2, 0.25) is 0 Å². The zero-order valence-corrected chi connectivity index (χ0v) is 8.93. The van der Waals surface area contributed by atoms with E-state index in [2.05, 4.69) is 5.43 Å². The van der Waals surface area contributed by atoms with Crippen LogP contribution in [-0.4, -0.2) is 29.8 Å². The standard InChI is InChI=1S/C9H12N4O3/c1-12(2)9(14)7-5-6(11-10)3-4-8(7)13(15)16/h3-5,11H,10H2,1-2H3. The van der Waals surface area contributed by atoms with Crippen LogP contribution in [0.3, 0.4) is 0 Å². The number of hydrazine groups is 1. The lowest BCUT2D eigenvalue weighted by Gasteiger charge is -2.11. The van der Waals surface area contributed by atoms with Crippen LogP contribution in [0.1, 0.15) is 10.4 Å². The van der Waals surface area contributed by atoms with E-state index in [0.29, 0.717) is 5.69 Å². The highest BCUT2D eigenvalue weighted by molar-refractivity contribution is 5.98.